The molecule has 2 unspecified atom stereocenters. The van der Waals surface area contributed by atoms with Crippen LogP contribution in [0.5, 0.6) is 0 Å². The Hall–Kier alpha value is -1.53. The fourth-order valence-corrected chi connectivity index (χ4v) is 2.85. The second kappa shape index (κ2) is 5.63. The monoisotopic (exact) mass is 257 g/mol. The zero-order chi connectivity index (χ0) is 14.0. The molecule has 3 heteroatoms. The van der Waals surface area contributed by atoms with E-state index in [4.69, 9.17) is 5.26 Å². The number of nitriles is 1. The number of aryl methyl sites for hydroxylation is 1. The van der Waals surface area contributed by atoms with E-state index in [1.54, 1.807) is 0 Å². The van der Waals surface area contributed by atoms with Crippen LogP contribution in [0, 0.1) is 25.2 Å². The summed E-state index contributed by atoms with van der Waals surface area (Å²) in [6.07, 6.45) is 0.599. The van der Waals surface area contributed by atoms with Crippen LogP contribution < -0.4 is 4.90 Å². The number of rotatable bonds is 2. The van der Waals surface area contributed by atoms with Crippen molar-refractivity contribution in [1.82, 2.24) is 4.90 Å². The Morgan fingerprint density at radius 2 is 2.05 bits per heavy atom. The van der Waals surface area contributed by atoms with Gasteiger partial charge >= 0.3 is 0 Å². The fourth-order valence-electron chi connectivity index (χ4n) is 2.85. The Kier molecular flexibility index (Phi) is 4.11. The summed E-state index contributed by atoms with van der Waals surface area (Å²) in [4.78, 5) is 4.78. The van der Waals surface area contributed by atoms with Crippen LogP contribution in [-0.2, 0) is 0 Å². The third-order valence-electron chi connectivity index (χ3n) is 4.43. The zero-order valence-electron chi connectivity index (χ0n) is 12.3. The number of nitrogens with zero attached hydrogens (tertiary/aromatic N) is 3. The lowest BCUT2D eigenvalue weighted by Crippen LogP contribution is -2.56. The summed E-state index contributed by atoms with van der Waals surface area (Å²) in [6, 6.07) is 9.61. The molecule has 0 spiro atoms. The highest BCUT2D eigenvalue weighted by Gasteiger charge is 2.29. The van der Waals surface area contributed by atoms with Crippen molar-refractivity contribution in [2.45, 2.75) is 39.3 Å². The average molecular weight is 257 g/mol. The fraction of sp³-hybridized carbons (Fsp3) is 0.562. The SMILES string of the molecule is Cc1cccc(N2CC(C)N(C)C(CC#N)C2)c1C. The number of piperazine rings is 1. The van der Waals surface area contributed by atoms with E-state index in [1.807, 2.05) is 0 Å². The van der Waals surface area contributed by atoms with Crippen molar-refractivity contribution < 1.29 is 0 Å². The van der Waals surface area contributed by atoms with Gasteiger partial charge in [0.15, 0.2) is 0 Å². The first-order chi connectivity index (χ1) is 9.04. The van der Waals surface area contributed by atoms with E-state index in [1.165, 1.54) is 16.8 Å². The van der Waals surface area contributed by atoms with Crippen LogP contribution in [0.25, 0.3) is 0 Å². The van der Waals surface area contributed by atoms with Gasteiger partial charge in [0.2, 0.25) is 0 Å². The van der Waals surface area contributed by atoms with E-state index >= 15 is 0 Å². The summed E-state index contributed by atoms with van der Waals surface area (Å²) < 4.78 is 0. The second-order valence-electron chi connectivity index (χ2n) is 5.65. The molecule has 1 saturated heterocycles. The molecule has 0 amide bonds. The Morgan fingerprint density at radius 1 is 1.32 bits per heavy atom. The minimum absolute atomic E-state index is 0.327. The first-order valence-corrected chi connectivity index (χ1v) is 6.94. The predicted molar refractivity (Wildman–Crippen MR) is 79.4 cm³/mol. The molecule has 2 rings (SSSR count). The van der Waals surface area contributed by atoms with Gasteiger partial charge in [0.05, 0.1) is 12.5 Å². The second-order valence-corrected chi connectivity index (χ2v) is 5.65. The summed E-state index contributed by atoms with van der Waals surface area (Å²) in [7, 11) is 2.13. The molecule has 1 heterocycles. The van der Waals surface area contributed by atoms with Crippen molar-refractivity contribution in [2.24, 2.45) is 0 Å². The highest BCUT2D eigenvalue weighted by molar-refractivity contribution is 5.56. The highest BCUT2D eigenvalue weighted by Crippen LogP contribution is 2.27. The van der Waals surface area contributed by atoms with Gasteiger partial charge in [0.25, 0.3) is 0 Å². The van der Waals surface area contributed by atoms with Crippen LogP contribution in [0.15, 0.2) is 18.2 Å². The number of benzene rings is 1. The van der Waals surface area contributed by atoms with Gasteiger partial charge in [-0.3, -0.25) is 4.90 Å². The first kappa shape index (κ1) is 13.9. The number of hydrogen-bond donors (Lipinski definition) is 0. The van der Waals surface area contributed by atoms with Gasteiger partial charge < -0.3 is 4.90 Å². The Balaban J connectivity index is 2.26. The lowest BCUT2D eigenvalue weighted by molar-refractivity contribution is 0.160. The van der Waals surface area contributed by atoms with Crippen molar-refractivity contribution in [3.63, 3.8) is 0 Å². The minimum Gasteiger partial charge on any atom is -0.368 e. The van der Waals surface area contributed by atoms with Crippen LogP contribution >= 0.6 is 0 Å². The summed E-state index contributed by atoms with van der Waals surface area (Å²) >= 11 is 0. The van der Waals surface area contributed by atoms with Gasteiger partial charge in [-0.25, -0.2) is 0 Å². The van der Waals surface area contributed by atoms with Crippen LogP contribution in [0.3, 0.4) is 0 Å². The Bertz CT molecular complexity index is 489. The van der Waals surface area contributed by atoms with E-state index in [9.17, 15) is 0 Å². The third-order valence-corrected chi connectivity index (χ3v) is 4.43. The summed E-state index contributed by atoms with van der Waals surface area (Å²) in [5.41, 5.74) is 4.01. The molecular weight excluding hydrogens is 234 g/mol. The summed E-state index contributed by atoms with van der Waals surface area (Å²) in [5, 5.41) is 8.98. The molecule has 3 nitrogen and oxygen atoms in total. The summed E-state index contributed by atoms with van der Waals surface area (Å²) in [6.45, 7) is 8.56. The molecule has 1 fully saturated rings. The number of likely N-dealkylation sites (N-methyl/N-ethyl adjacent to an activating group) is 1. The maximum absolute atomic E-state index is 8.98. The molecule has 0 bridgehead atoms. The lowest BCUT2D eigenvalue weighted by atomic mass is 10.0. The van der Waals surface area contributed by atoms with Gasteiger partial charge in [-0.1, -0.05) is 12.1 Å². The predicted octanol–water partition coefficient (Wildman–Crippen LogP) is 2.73. The number of hydrogen-bond acceptors (Lipinski definition) is 3. The van der Waals surface area contributed by atoms with E-state index in [0.717, 1.165) is 13.1 Å². The zero-order valence-corrected chi connectivity index (χ0v) is 12.3. The molecule has 0 radical (unpaired) electrons. The minimum atomic E-state index is 0.327. The van der Waals surface area contributed by atoms with E-state index in [0.29, 0.717) is 18.5 Å². The van der Waals surface area contributed by atoms with Crippen LogP contribution in [0.4, 0.5) is 5.69 Å². The average Bonchev–Trinajstić information content (AvgIpc) is 2.38. The smallest absolute Gasteiger partial charge is 0.0638 e. The molecule has 0 saturated carbocycles. The largest absolute Gasteiger partial charge is 0.368 e. The van der Waals surface area contributed by atoms with Gasteiger partial charge in [-0.2, -0.15) is 5.26 Å². The maximum atomic E-state index is 8.98. The van der Waals surface area contributed by atoms with Crippen LogP contribution in [0.1, 0.15) is 24.5 Å². The molecule has 1 aromatic rings. The van der Waals surface area contributed by atoms with Crippen LogP contribution in [-0.4, -0.2) is 37.1 Å². The van der Waals surface area contributed by atoms with E-state index in [2.05, 4.69) is 61.9 Å². The third kappa shape index (κ3) is 2.74. The lowest BCUT2D eigenvalue weighted by Gasteiger charge is -2.44. The molecule has 19 heavy (non-hydrogen) atoms. The normalized spacial score (nSPS) is 24.3. The van der Waals surface area contributed by atoms with Crippen molar-refractivity contribution >= 4 is 5.69 Å². The molecule has 2 atom stereocenters. The molecule has 1 aliphatic rings. The molecule has 0 aliphatic carbocycles. The van der Waals surface area contributed by atoms with Gasteiger partial charge in [0.1, 0.15) is 0 Å². The van der Waals surface area contributed by atoms with Crippen molar-refractivity contribution in [3.05, 3.63) is 29.3 Å². The number of anilines is 1. The van der Waals surface area contributed by atoms with E-state index < -0.39 is 0 Å². The van der Waals surface area contributed by atoms with Crippen molar-refractivity contribution in [3.8, 4) is 6.07 Å². The maximum Gasteiger partial charge on any atom is 0.0638 e. The Morgan fingerprint density at radius 3 is 2.74 bits per heavy atom. The quantitative estimate of drug-likeness (QED) is 0.816. The van der Waals surface area contributed by atoms with E-state index in [-0.39, 0.29) is 0 Å². The molecule has 102 valence electrons. The molecular formula is C16H23N3. The molecule has 0 N–H and O–H groups in total. The van der Waals surface area contributed by atoms with Gasteiger partial charge in [-0.05, 0) is 45.0 Å². The molecule has 1 aliphatic heterocycles. The topological polar surface area (TPSA) is 30.3 Å². The van der Waals surface area contributed by atoms with Crippen LogP contribution in [0.2, 0.25) is 0 Å². The summed E-state index contributed by atoms with van der Waals surface area (Å²) in [5.74, 6) is 0. The highest BCUT2D eigenvalue weighted by atomic mass is 15.3. The van der Waals surface area contributed by atoms with Crippen molar-refractivity contribution in [1.29, 1.82) is 5.26 Å². The standard InChI is InChI=1S/C16H23N3/c1-12-6-5-7-16(14(12)3)19-10-13(2)18(4)15(11-19)8-9-17/h5-7,13,15H,8,10-11H2,1-4H3. The van der Waals surface area contributed by atoms with Crippen molar-refractivity contribution in [2.75, 3.05) is 25.0 Å². The molecule has 1 aromatic carbocycles. The Labute approximate surface area is 116 Å². The molecule has 0 aromatic heterocycles. The van der Waals surface area contributed by atoms with Gasteiger partial charge in [0, 0.05) is 30.9 Å². The first-order valence-electron chi connectivity index (χ1n) is 6.94. The van der Waals surface area contributed by atoms with Gasteiger partial charge in [-0.15, -0.1) is 0 Å².